The summed E-state index contributed by atoms with van der Waals surface area (Å²) in [5.41, 5.74) is -4.64. The number of hydrogen-bond acceptors (Lipinski definition) is 3. The van der Waals surface area contributed by atoms with Gasteiger partial charge in [0.1, 0.15) is 0 Å². The van der Waals surface area contributed by atoms with Crippen molar-refractivity contribution in [3.8, 4) is 0 Å². The van der Waals surface area contributed by atoms with E-state index in [2.05, 4.69) is 0 Å². The molecule has 0 heterocycles. The molecule has 0 spiro atoms. The standard InChI is InChI=1S/C18H17F6NO3/c1-3-16(2)7-12(26)14(13(27)8-16)15(28)25-11-5-9(17(19,20)21)4-10(6-11)18(22,23)24/h4-6,14H,3,7-8H2,1-2H3,(H,25,28). The van der Waals surface area contributed by atoms with Crippen molar-refractivity contribution >= 4 is 23.2 Å². The first-order chi connectivity index (χ1) is 12.7. The SMILES string of the molecule is CCC1(C)CC(=O)C(C(=O)Nc2cc(C(F)(F)F)cc(C(F)(F)F)c2)C(=O)C1. The van der Waals surface area contributed by atoms with E-state index in [0.717, 1.165) is 0 Å². The molecule has 1 aromatic carbocycles. The summed E-state index contributed by atoms with van der Waals surface area (Å²) in [6.07, 6.45) is -9.82. The maximum atomic E-state index is 12.9. The molecule has 154 valence electrons. The first kappa shape index (κ1) is 21.9. The molecule has 1 N–H and O–H groups in total. The number of rotatable bonds is 3. The summed E-state index contributed by atoms with van der Waals surface area (Å²) in [5.74, 6) is -4.40. The maximum absolute atomic E-state index is 12.9. The first-order valence-corrected chi connectivity index (χ1v) is 8.32. The molecule has 0 atom stereocenters. The zero-order chi connectivity index (χ0) is 21.5. The number of benzene rings is 1. The lowest BCUT2D eigenvalue weighted by Crippen LogP contribution is -2.44. The Morgan fingerprint density at radius 3 is 1.79 bits per heavy atom. The largest absolute Gasteiger partial charge is 0.416 e. The Hall–Kier alpha value is -2.39. The molecule has 1 amide bonds. The van der Waals surface area contributed by atoms with E-state index in [1.54, 1.807) is 13.8 Å². The Bertz CT molecular complexity index is 762. The zero-order valence-corrected chi connectivity index (χ0v) is 14.9. The van der Waals surface area contributed by atoms with E-state index in [4.69, 9.17) is 0 Å². The Balaban J connectivity index is 2.33. The summed E-state index contributed by atoms with van der Waals surface area (Å²) in [7, 11) is 0. The Morgan fingerprint density at radius 1 is 1.00 bits per heavy atom. The van der Waals surface area contributed by atoms with E-state index in [0.29, 0.717) is 18.6 Å². The second-order valence-electron chi connectivity index (χ2n) is 7.17. The van der Waals surface area contributed by atoms with Crippen molar-refractivity contribution in [1.82, 2.24) is 0 Å². The first-order valence-electron chi connectivity index (χ1n) is 8.32. The Morgan fingerprint density at radius 2 is 1.43 bits per heavy atom. The van der Waals surface area contributed by atoms with Gasteiger partial charge in [0.25, 0.3) is 0 Å². The van der Waals surface area contributed by atoms with Gasteiger partial charge < -0.3 is 5.32 Å². The number of halogens is 6. The van der Waals surface area contributed by atoms with Crippen LogP contribution < -0.4 is 5.32 Å². The van der Waals surface area contributed by atoms with Gasteiger partial charge in [0.2, 0.25) is 5.91 Å². The predicted octanol–water partition coefficient (Wildman–Crippen LogP) is 4.63. The lowest BCUT2D eigenvalue weighted by atomic mass is 9.68. The van der Waals surface area contributed by atoms with E-state index < -0.39 is 58.0 Å². The van der Waals surface area contributed by atoms with Gasteiger partial charge in [-0.1, -0.05) is 13.8 Å². The molecule has 1 saturated carbocycles. The third-order valence-electron chi connectivity index (χ3n) is 4.82. The topological polar surface area (TPSA) is 63.2 Å². The summed E-state index contributed by atoms with van der Waals surface area (Å²) < 4.78 is 77.3. The molecular weight excluding hydrogens is 392 g/mol. The highest BCUT2D eigenvalue weighted by Gasteiger charge is 2.45. The Labute approximate surface area is 156 Å². The van der Waals surface area contributed by atoms with Gasteiger partial charge in [0.05, 0.1) is 11.1 Å². The van der Waals surface area contributed by atoms with Crippen LogP contribution in [0.4, 0.5) is 32.0 Å². The Kier molecular flexibility index (Phi) is 5.64. The molecular formula is C18H17F6NO3. The highest BCUT2D eigenvalue weighted by molar-refractivity contribution is 6.23. The maximum Gasteiger partial charge on any atom is 0.416 e. The fourth-order valence-corrected chi connectivity index (χ4v) is 3.07. The van der Waals surface area contributed by atoms with Crippen LogP contribution in [0.25, 0.3) is 0 Å². The van der Waals surface area contributed by atoms with Gasteiger partial charge in [-0.25, -0.2) is 0 Å². The van der Waals surface area contributed by atoms with E-state index in [1.165, 1.54) is 0 Å². The average Bonchev–Trinajstić information content (AvgIpc) is 2.52. The van der Waals surface area contributed by atoms with Gasteiger partial charge >= 0.3 is 12.4 Å². The highest BCUT2D eigenvalue weighted by atomic mass is 19.4. The zero-order valence-electron chi connectivity index (χ0n) is 14.9. The van der Waals surface area contributed by atoms with Crippen molar-refractivity contribution in [3.63, 3.8) is 0 Å². The summed E-state index contributed by atoms with van der Waals surface area (Å²) >= 11 is 0. The van der Waals surface area contributed by atoms with Gasteiger partial charge in [-0.2, -0.15) is 26.3 Å². The van der Waals surface area contributed by atoms with Crippen LogP contribution in [-0.2, 0) is 26.7 Å². The lowest BCUT2D eigenvalue weighted by molar-refractivity contribution is -0.146. The van der Waals surface area contributed by atoms with Crippen molar-refractivity contribution in [3.05, 3.63) is 29.3 Å². The van der Waals surface area contributed by atoms with Crippen LogP contribution in [-0.4, -0.2) is 17.5 Å². The molecule has 0 saturated heterocycles. The minimum atomic E-state index is -5.08. The predicted molar refractivity (Wildman–Crippen MR) is 86.2 cm³/mol. The van der Waals surface area contributed by atoms with Crippen molar-refractivity contribution in [2.75, 3.05) is 5.32 Å². The number of hydrogen-bond donors (Lipinski definition) is 1. The number of amides is 1. The molecule has 0 radical (unpaired) electrons. The van der Waals surface area contributed by atoms with Gasteiger partial charge in [-0.05, 0) is 30.0 Å². The highest BCUT2D eigenvalue weighted by Crippen LogP contribution is 2.39. The number of carbonyl (C=O) groups is 3. The minimum Gasteiger partial charge on any atom is -0.325 e. The van der Waals surface area contributed by atoms with E-state index in [9.17, 15) is 40.7 Å². The van der Waals surface area contributed by atoms with E-state index in [-0.39, 0.29) is 18.9 Å². The normalized spacial score (nSPS) is 23.6. The molecule has 1 fully saturated rings. The van der Waals surface area contributed by atoms with Crippen LogP contribution in [0, 0.1) is 11.3 Å². The molecule has 28 heavy (non-hydrogen) atoms. The monoisotopic (exact) mass is 409 g/mol. The number of carbonyl (C=O) groups excluding carboxylic acids is 3. The second-order valence-corrected chi connectivity index (χ2v) is 7.17. The van der Waals surface area contributed by atoms with Crippen LogP contribution in [0.3, 0.4) is 0 Å². The summed E-state index contributed by atoms with van der Waals surface area (Å²) in [6, 6.07) is 0.557. The van der Waals surface area contributed by atoms with E-state index in [1.807, 2.05) is 5.32 Å². The van der Waals surface area contributed by atoms with Crippen molar-refractivity contribution in [2.45, 2.75) is 45.5 Å². The van der Waals surface area contributed by atoms with Crippen LogP contribution in [0.15, 0.2) is 18.2 Å². The van der Waals surface area contributed by atoms with Gasteiger partial charge in [0.15, 0.2) is 17.5 Å². The molecule has 0 aliphatic heterocycles. The number of nitrogens with one attached hydrogen (secondary N) is 1. The molecule has 0 unspecified atom stereocenters. The van der Waals surface area contributed by atoms with Gasteiger partial charge in [0, 0.05) is 18.5 Å². The fourth-order valence-electron chi connectivity index (χ4n) is 3.07. The molecule has 0 aromatic heterocycles. The van der Waals surface area contributed by atoms with E-state index >= 15 is 0 Å². The minimum absolute atomic E-state index is 0.0796. The molecule has 0 bridgehead atoms. The van der Waals surface area contributed by atoms with Gasteiger partial charge in [-0.3, -0.25) is 14.4 Å². The average molecular weight is 409 g/mol. The third-order valence-corrected chi connectivity index (χ3v) is 4.82. The number of alkyl halides is 6. The lowest BCUT2D eigenvalue weighted by Gasteiger charge is -2.33. The summed E-state index contributed by atoms with van der Waals surface area (Å²) in [5, 5.41) is 1.86. The fraction of sp³-hybridized carbons (Fsp3) is 0.500. The third kappa shape index (κ3) is 4.71. The molecule has 2 rings (SSSR count). The van der Waals surface area contributed by atoms with Gasteiger partial charge in [-0.15, -0.1) is 0 Å². The number of Topliss-reactive ketones (excluding diaryl/α,β-unsaturated/α-hetero) is 2. The quantitative estimate of drug-likeness (QED) is 0.585. The van der Waals surface area contributed by atoms with Crippen molar-refractivity contribution < 1.29 is 40.7 Å². The van der Waals surface area contributed by atoms with Crippen LogP contribution in [0.2, 0.25) is 0 Å². The molecule has 4 nitrogen and oxygen atoms in total. The van der Waals surface area contributed by atoms with Crippen LogP contribution >= 0.6 is 0 Å². The number of ketones is 2. The molecule has 10 heteroatoms. The number of anilines is 1. The second kappa shape index (κ2) is 7.21. The summed E-state index contributed by atoms with van der Waals surface area (Å²) in [6.45, 7) is 3.46. The molecule has 1 aliphatic rings. The van der Waals surface area contributed by atoms with Crippen molar-refractivity contribution in [1.29, 1.82) is 0 Å². The summed E-state index contributed by atoms with van der Waals surface area (Å²) in [4.78, 5) is 36.7. The molecule has 1 aliphatic carbocycles. The van der Waals surface area contributed by atoms with Crippen LogP contribution in [0.5, 0.6) is 0 Å². The smallest absolute Gasteiger partial charge is 0.325 e. The van der Waals surface area contributed by atoms with Crippen molar-refractivity contribution in [2.24, 2.45) is 11.3 Å². The van der Waals surface area contributed by atoms with Crippen LogP contribution in [0.1, 0.15) is 44.2 Å². The molecule has 1 aromatic rings.